The molecule has 202 valence electrons. The summed E-state index contributed by atoms with van der Waals surface area (Å²) in [4.78, 5) is 29.8. The molecular weight excluding hydrogens is 464 g/mol. The molecule has 1 heterocycles. The van der Waals surface area contributed by atoms with E-state index in [1.165, 1.54) is 0 Å². The Morgan fingerprint density at radius 2 is 1.92 bits per heavy atom. The largest absolute Gasteiger partial charge is 0.490 e. The Morgan fingerprint density at radius 1 is 1.17 bits per heavy atom. The van der Waals surface area contributed by atoms with Crippen LogP contribution in [0.1, 0.15) is 65.5 Å². The van der Waals surface area contributed by atoms with E-state index in [9.17, 15) is 9.59 Å². The molecule has 1 aliphatic heterocycles. The minimum Gasteiger partial charge on any atom is -0.490 e. The maximum Gasteiger partial charge on any atom is 0.410 e. The summed E-state index contributed by atoms with van der Waals surface area (Å²) < 4.78 is 28.2. The second-order valence-corrected chi connectivity index (χ2v) is 10.3. The number of carbonyl (C=O) groups is 2. The van der Waals surface area contributed by atoms with Crippen molar-refractivity contribution in [1.82, 2.24) is 9.80 Å². The molecule has 1 saturated carbocycles. The van der Waals surface area contributed by atoms with Crippen LogP contribution in [0, 0.1) is 0 Å². The zero-order chi connectivity index (χ0) is 26.3. The first-order valence-electron chi connectivity index (χ1n) is 12.9. The summed E-state index contributed by atoms with van der Waals surface area (Å²) in [5.74, 6) is 1.24. The highest BCUT2D eigenvalue weighted by Crippen LogP contribution is 2.38. The lowest BCUT2D eigenvalue weighted by Crippen LogP contribution is -2.54. The quantitative estimate of drug-likeness (QED) is 0.416. The molecule has 1 saturated heterocycles. The van der Waals surface area contributed by atoms with Crippen molar-refractivity contribution in [3.63, 3.8) is 0 Å². The molecule has 1 aromatic rings. The van der Waals surface area contributed by atoms with Crippen LogP contribution in [0.15, 0.2) is 18.2 Å². The number of ether oxygens (including phenoxy) is 5. The van der Waals surface area contributed by atoms with Crippen LogP contribution >= 0.6 is 0 Å². The van der Waals surface area contributed by atoms with Crippen LogP contribution in [0.25, 0.3) is 0 Å². The van der Waals surface area contributed by atoms with E-state index in [0.29, 0.717) is 44.5 Å². The Morgan fingerprint density at radius 3 is 2.56 bits per heavy atom. The Labute approximate surface area is 214 Å². The molecule has 3 rings (SSSR count). The summed E-state index contributed by atoms with van der Waals surface area (Å²) in [5.41, 5.74) is 0.362. The average molecular weight is 507 g/mol. The lowest BCUT2D eigenvalue weighted by Gasteiger charge is -2.38. The van der Waals surface area contributed by atoms with Crippen LogP contribution in [0.3, 0.4) is 0 Å². The fraction of sp³-hybridized carbons (Fsp3) is 0.704. The Kier molecular flexibility index (Phi) is 9.84. The van der Waals surface area contributed by atoms with E-state index in [-0.39, 0.29) is 24.5 Å². The van der Waals surface area contributed by atoms with Crippen molar-refractivity contribution >= 4 is 12.0 Å². The second kappa shape index (κ2) is 12.6. The standard InChI is InChI=1S/C27H42N2O7/c1-7-33-22-12-9-20(17-23(22)34-15-8-14-32-6)19(2)29(21-10-11-21)25(30)24-18-28(13-16-35-24)26(31)36-27(3,4)5/h9,12,17,19,21,24H,7-8,10-11,13-16,18H2,1-6H3. The van der Waals surface area contributed by atoms with E-state index in [1.54, 1.807) is 12.0 Å². The summed E-state index contributed by atoms with van der Waals surface area (Å²) in [6.07, 6.45) is 1.53. The van der Waals surface area contributed by atoms with Gasteiger partial charge in [0.15, 0.2) is 17.6 Å². The van der Waals surface area contributed by atoms with Crippen LogP contribution in [-0.2, 0) is 19.0 Å². The highest BCUT2D eigenvalue weighted by Gasteiger charge is 2.42. The molecular formula is C27H42N2O7. The van der Waals surface area contributed by atoms with Crippen molar-refractivity contribution in [2.24, 2.45) is 0 Å². The normalized spacial score (nSPS) is 18.9. The van der Waals surface area contributed by atoms with Crippen molar-refractivity contribution in [2.75, 3.05) is 46.6 Å². The summed E-state index contributed by atoms with van der Waals surface area (Å²) in [5, 5.41) is 0. The van der Waals surface area contributed by atoms with Crippen molar-refractivity contribution in [3.8, 4) is 11.5 Å². The van der Waals surface area contributed by atoms with E-state index in [2.05, 4.69) is 0 Å². The summed E-state index contributed by atoms with van der Waals surface area (Å²) in [6.45, 7) is 12.0. The molecule has 0 radical (unpaired) electrons. The molecule has 2 fully saturated rings. The number of rotatable bonds is 11. The van der Waals surface area contributed by atoms with Crippen LogP contribution in [0.2, 0.25) is 0 Å². The second-order valence-electron chi connectivity index (χ2n) is 10.3. The van der Waals surface area contributed by atoms with Crippen LogP contribution in [0.4, 0.5) is 4.79 Å². The lowest BCUT2D eigenvalue weighted by molar-refractivity contribution is -0.151. The molecule has 2 atom stereocenters. The van der Waals surface area contributed by atoms with Gasteiger partial charge in [-0.1, -0.05) is 6.07 Å². The Balaban J connectivity index is 1.74. The first kappa shape index (κ1) is 28.1. The van der Waals surface area contributed by atoms with E-state index >= 15 is 0 Å². The first-order valence-corrected chi connectivity index (χ1v) is 12.9. The molecule has 2 aliphatic rings. The molecule has 2 unspecified atom stereocenters. The number of nitrogens with zero attached hydrogens (tertiary/aromatic N) is 2. The SMILES string of the molecule is CCOc1ccc(C(C)N(C(=O)C2CN(C(=O)OC(C)(C)C)CCO2)C2CC2)cc1OCCCOC. The molecule has 1 aromatic carbocycles. The topological polar surface area (TPSA) is 86.8 Å². The molecule has 0 bridgehead atoms. The Hall–Kier alpha value is -2.52. The van der Waals surface area contributed by atoms with E-state index in [4.69, 9.17) is 23.7 Å². The van der Waals surface area contributed by atoms with E-state index in [1.807, 2.05) is 57.7 Å². The van der Waals surface area contributed by atoms with Crippen molar-refractivity contribution in [1.29, 1.82) is 0 Å². The fourth-order valence-corrected chi connectivity index (χ4v) is 4.22. The van der Waals surface area contributed by atoms with Gasteiger partial charge in [-0.05, 0) is 65.2 Å². The highest BCUT2D eigenvalue weighted by molar-refractivity contribution is 5.83. The van der Waals surface area contributed by atoms with Crippen molar-refractivity contribution in [3.05, 3.63) is 23.8 Å². The lowest BCUT2D eigenvalue weighted by atomic mass is 10.0. The molecule has 1 aliphatic carbocycles. The average Bonchev–Trinajstić information content (AvgIpc) is 3.67. The Bertz CT molecular complexity index is 881. The summed E-state index contributed by atoms with van der Waals surface area (Å²) >= 11 is 0. The van der Waals surface area contributed by atoms with Crippen LogP contribution < -0.4 is 9.47 Å². The minimum atomic E-state index is -0.721. The molecule has 0 spiro atoms. The molecule has 9 nitrogen and oxygen atoms in total. The number of hydrogen-bond donors (Lipinski definition) is 0. The highest BCUT2D eigenvalue weighted by atomic mass is 16.6. The first-order chi connectivity index (χ1) is 17.1. The van der Waals surface area contributed by atoms with Gasteiger partial charge in [0.1, 0.15) is 5.60 Å². The van der Waals surface area contributed by atoms with Gasteiger partial charge in [-0.2, -0.15) is 0 Å². The third-order valence-electron chi connectivity index (χ3n) is 6.11. The molecule has 0 aromatic heterocycles. The third-order valence-corrected chi connectivity index (χ3v) is 6.11. The van der Waals surface area contributed by atoms with Gasteiger partial charge in [0, 0.05) is 32.7 Å². The molecule has 9 heteroatoms. The van der Waals surface area contributed by atoms with Crippen molar-refractivity contribution in [2.45, 2.75) is 77.7 Å². The number of methoxy groups -OCH3 is 1. The van der Waals surface area contributed by atoms with Crippen LogP contribution in [0.5, 0.6) is 11.5 Å². The fourth-order valence-electron chi connectivity index (χ4n) is 4.22. The number of amides is 2. The number of benzene rings is 1. The maximum absolute atomic E-state index is 13.7. The van der Waals surface area contributed by atoms with Gasteiger partial charge < -0.3 is 33.5 Å². The zero-order valence-electron chi connectivity index (χ0n) is 22.6. The minimum absolute atomic E-state index is 0.102. The molecule has 36 heavy (non-hydrogen) atoms. The van der Waals surface area contributed by atoms with E-state index in [0.717, 1.165) is 24.8 Å². The summed E-state index contributed by atoms with van der Waals surface area (Å²) in [7, 11) is 1.67. The van der Waals surface area contributed by atoms with Gasteiger partial charge in [-0.15, -0.1) is 0 Å². The number of morpholine rings is 1. The van der Waals surface area contributed by atoms with Gasteiger partial charge in [0.05, 0.1) is 32.4 Å². The van der Waals surface area contributed by atoms with Crippen LogP contribution in [-0.4, -0.2) is 86.2 Å². The third kappa shape index (κ3) is 7.74. The van der Waals surface area contributed by atoms with Gasteiger partial charge in [-0.25, -0.2) is 4.79 Å². The predicted octanol–water partition coefficient (Wildman–Crippen LogP) is 4.19. The molecule has 2 amide bonds. The predicted molar refractivity (Wildman–Crippen MR) is 135 cm³/mol. The smallest absolute Gasteiger partial charge is 0.410 e. The summed E-state index contributed by atoms with van der Waals surface area (Å²) in [6, 6.07) is 5.81. The monoisotopic (exact) mass is 506 g/mol. The van der Waals surface area contributed by atoms with Gasteiger partial charge in [-0.3, -0.25) is 4.79 Å². The zero-order valence-corrected chi connectivity index (χ0v) is 22.6. The number of carbonyl (C=O) groups excluding carboxylic acids is 2. The number of hydrogen-bond acceptors (Lipinski definition) is 7. The van der Waals surface area contributed by atoms with Gasteiger partial charge in [0.2, 0.25) is 0 Å². The molecule has 0 N–H and O–H groups in total. The van der Waals surface area contributed by atoms with Crippen molar-refractivity contribution < 1.29 is 33.3 Å². The van der Waals surface area contributed by atoms with Gasteiger partial charge >= 0.3 is 6.09 Å². The van der Waals surface area contributed by atoms with Gasteiger partial charge in [0.25, 0.3) is 5.91 Å². The maximum atomic E-state index is 13.7. The van der Waals surface area contributed by atoms with E-state index < -0.39 is 17.8 Å².